The van der Waals surface area contributed by atoms with Crippen LogP contribution in [0, 0.1) is 17.8 Å². The van der Waals surface area contributed by atoms with E-state index in [0.717, 1.165) is 29.8 Å². The van der Waals surface area contributed by atoms with Gasteiger partial charge in [-0.1, -0.05) is 20.3 Å². The van der Waals surface area contributed by atoms with Crippen molar-refractivity contribution in [3.63, 3.8) is 0 Å². The van der Waals surface area contributed by atoms with Crippen molar-refractivity contribution >= 4 is 0 Å². The molecule has 1 saturated heterocycles. The molecule has 0 radical (unpaired) electrons. The normalized spacial score (nSPS) is 35.1. The Hall–Kier alpha value is -0.0800. The van der Waals surface area contributed by atoms with E-state index in [0.29, 0.717) is 0 Å². The lowest BCUT2D eigenvalue weighted by molar-refractivity contribution is 0.0438. The van der Waals surface area contributed by atoms with E-state index < -0.39 is 0 Å². The topological polar surface area (TPSA) is 15.3 Å². The fraction of sp³-hybridized carbons (Fsp3) is 1.00. The summed E-state index contributed by atoms with van der Waals surface area (Å²) in [6.45, 7) is 8.79. The fourth-order valence-corrected chi connectivity index (χ4v) is 4.18. The first-order chi connectivity index (χ1) is 9.26. The summed E-state index contributed by atoms with van der Waals surface area (Å²) in [7, 11) is 0. The van der Waals surface area contributed by atoms with Crippen LogP contribution >= 0.6 is 0 Å². The van der Waals surface area contributed by atoms with Crippen LogP contribution in [0.2, 0.25) is 0 Å². The number of nitrogens with one attached hydrogen (secondary N) is 1. The molecule has 0 spiro atoms. The van der Waals surface area contributed by atoms with Gasteiger partial charge in [-0.2, -0.15) is 0 Å². The van der Waals surface area contributed by atoms with E-state index in [1.165, 1.54) is 64.6 Å². The van der Waals surface area contributed by atoms with Crippen LogP contribution in [0.5, 0.6) is 0 Å². The molecule has 1 N–H and O–H groups in total. The largest absolute Gasteiger partial charge is 0.312 e. The lowest BCUT2D eigenvalue weighted by Crippen LogP contribution is -2.54. The van der Waals surface area contributed by atoms with Crippen molar-refractivity contribution < 1.29 is 0 Å². The first-order valence-electron chi connectivity index (χ1n) is 8.73. The van der Waals surface area contributed by atoms with Gasteiger partial charge in [0.2, 0.25) is 0 Å². The molecule has 0 aromatic rings. The van der Waals surface area contributed by atoms with Crippen molar-refractivity contribution in [3.8, 4) is 0 Å². The summed E-state index contributed by atoms with van der Waals surface area (Å²) < 4.78 is 0. The zero-order chi connectivity index (χ0) is 13.2. The second-order valence-corrected chi connectivity index (χ2v) is 7.51. The molecular weight excluding hydrogens is 232 g/mol. The third-order valence-electron chi connectivity index (χ3n) is 5.66. The van der Waals surface area contributed by atoms with Crippen molar-refractivity contribution in [3.05, 3.63) is 0 Å². The molecule has 19 heavy (non-hydrogen) atoms. The Kier molecular flexibility index (Phi) is 4.48. The van der Waals surface area contributed by atoms with Gasteiger partial charge in [0.25, 0.3) is 0 Å². The maximum Gasteiger partial charge on any atom is 0.0198 e. The van der Waals surface area contributed by atoms with Gasteiger partial charge in [-0.05, 0) is 62.8 Å². The molecule has 3 rings (SSSR count). The number of nitrogens with zero attached hydrogens (tertiary/aromatic N) is 1. The smallest absolute Gasteiger partial charge is 0.0198 e. The predicted octanol–water partition coefficient (Wildman–Crippen LogP) is 3.28. The highest BCUT2D eigenvalue weighted by atomic mass is 15.2. The Morgan fingerprint density at radius 1 is 1.16 bits per heavy atom. The number of likely N-dealkylation sites (tertiary alicyclic amines) is 1. The zero-order valence-corrected chi connectivity index (χ0v) is 12.9. The van der Waals surface area contributed by atoms with Crippen LogP contribution in [-0.2, 0) is 0 Å². The lowest BCUT2D eigenvalue weighted by atomic mass is 9.77. The molecule has 3 aliphatic rings. The van der Waals surface area contributed by atoms with Gasteiger partial charge >= 0.3 is 0 Å². The Labute approximate surface area is 119 Å². The van der Waals surface area contributed by atoms with E-state index in [-0.39, 0.29) is 0 Å². The summed E-state index contributed by atoms with van der Waals surface area (Å²) in [5, 5.41) is 3.86. The molecule has 110 valence electrons. The molecular formula is C17H32N2. The van der Waals surface area contributed by atoms with Gasteiger partial charge in [-0.15, -0.1) is 0 Å². The SMILES string of the molecule is CCC(C1CCC1)N1CC(C)CC(NCC2CC2)C1. The van der Waals surface area contributed by atoms with Crippen molar-refractivity contribution in [1.29, 1.82) is 0 Å². The van der Waals surface area contributed by atoms with Crippen molar-refractivity contribution in [1.82, 2.24) is 10.2 Å². The molecule has 2 nitrogen and oxygen atoms in total. The summed E-state index contributed by atoms with van der Waals surface area (Å²) in [5.41, 5.74) is 0. The van der Waals surface area contributed by atoms with Gasteiger partial charge in [-0.3, -0.25) is 4.90 Å². The molecule has 0 bridgehead atoms. The molecule has 1 aliphatic heterocycles. The molecule has 3 unspecified atom stereocenters. The second kappa shape index (κ2) is 6.13. The van der Waals surface area contributed by atoms with Crippen LogP contribution in [0.25, 0.3) is 0 Å². The first kappa shape index (κ1) is 13.9. The minimum absolute atomic E-state index is 0.762. The summed E-state index contributed by atoms with van der Waals surface area (Å²) in [6.07, 6.45) is 10.1. The summed E-state index contributed by atoms with van der Waals surface area (Å²) in [6, 6.07) is 1.64. The Bertz CT molecular complexity index is 283. The van der Waals surface area contributed by atoms with Crippen LogP contribution in [0.1, 0.15) is 58.8 Å². The highest BCUT2D eigenvalue weighted by Gasteiger charge is 2.35. The minimum Gasteiger partial charge on any atom is -0.312 e. The monoisotopic (exact) mass is 264 g/mol. The number of hydrogen-bond acceptors (Lipinski definition) is 2. The van der Waals surface area contributed by atoms with Gasteiger partial charge in [0.05, 0.1) is 0 Å². The number of hydrogen-bond donors (Lipinski definition) is 1. The predicted molar refractivity (Wildman–Crippen MR) is 81.3 cm³/mol. The maximum atomic E-state index is 3.86. The van der Waals surface area contributed by atoms with E-state index in [1.54, 1.807) is 0 Å². The van der Waals surface area contributed by atoms with Gasteiger partial charge in [0.15, 0.2) is 0 Å². The Morgan fingerprint density at radius 2 is 1.95 bits per heavy atom. The molecule has 2 heteroatoms. The molecule has 0 amide bonds. The van der Waals surface area contributed by atoms with E-state index in [1.807, 2.05) is 0 Å². The van der Waals surface area contributed by atoms with E-state index in [4.69, 9.17) is 0 Å². The highest BCUT2D eigenvalue weighted by molar-refractivity contribution is 4.91. The van der Waals surface area contributed by atoms with E-state index in [2.05, 4.69) is 24.1 Å². The summed E-state index contributed by atoms with van der Waals surface area (Å²) in [4.78, 5) is 2.84. The highest BCUT2D eigenvalue weighted by Crippen LogP contribution is 2.35. The van der Waals surface area contributed by atoms with E-state index >= 15 is 0 Å². The standard InChI is InChI=1S/C17H32N2/c1-3-17(15-5-4-6-15)19-11-13(2)9-16(12-19)18-10-14-7-8-14/h13-18H,3-12H2,1-2H3. The average molecular weight is 264 g/mol. The fourth-order valence-electron chi connectivity index (χ4n) is 4.18. The Morgan fingerprint density at radius 3 is 2.53 bits per heavy atom. The molecule has 3 atom stereocenters. The van der Waals surface area contributed by atoms with Crippen molar-refractivity contribution in [2.24, 2.45) is 17.8 Å². The Balaban J connectivity index is 1.53. The molecule has 0 aromatic heterocycles. The molecule has 0 aromatic carbocycles. The average Bonchev–Trinajstić information content (AvgIpc) is 3.14. The second-order valence-electron chi connectivity index (χ2n) is 7.51. The summed E-state index contributed by atoms with van der Waals surface area (Å²) >= 11 is 0. The number of piperidine rings is 1. The summed E-state index contributed by atoms with van der Waals surface area (Å²) in [5.74, 6) is 2.90. The third kappa shape index (κ3) is 3.52. The quantitative estimate of drug-likeness (QED) is 0.792. The van der Waals surface area contributed by atoms with Gasteiger partial charge < -0.3 is 5.32 Å². The molecule has 2 aliphatic carbocycles. The molecule has 1 heterocycles. The maximum absolute atomic E-state index is 3.86. The van der Waals surface area contributed by atoms with Crippen molar-refractivity contribution in [2.45, 2.75) is 70.9 Å². The van der Waals surface area contributed by atoms with Crippen molar-refractivity contribution in [2.75, 3.05) is 19.6 Å². The van der Waals surface area contributed by atoms with Crippen LogP contribution in [0.15, 0.2) is 0 Å². The third-order valence-corrected chi connectivity index (χ3v) is 5.66. The number of rotatable bonds is 6. The first-order valence-corrected chi connectivity index (χ1v) is 8.73. The van der Waals surface area contributed by atoms with Gasteiger partial charge in [-0.25, -0.2) is 0 Å². The van der Waals surface area contributed by atoms with Crippen LogP contribution < -0.4 is 5.32 Å². The van der Waals surface area contributed by atoms with Crippen LogP contribution in [0.3, 0.4) is 0 Å². The van der Waals surface area contributed by atoms with Crippen LogP contribution in [0.4, 0.5) is 0 Å². The minimum atomic E-state index is 0.762. The lowest BCUT2D eigenvalue weighted by Gasteiger charge is -2.46. The molecule has 3 fully saturated rings. The van der Waals surface area contributed by atoms with Gasteiger partial charge in [0.1, 0.15) is 0 Å². The molecule has 2 saturated carbocycles. The zero-order valence-electron chi connectivity index (χ0n) is 12.9. The van der Waals surface area contributed by atoms with Gasteiger partial charge in [0, 0.05) is 25.2 Å². The van der Waals surface area contributed by atoms with Crippen LogP contribution in [-0.4, -0.2) is 36.6 Å². The van der Waals surface area contributed by atoms with E-state index in [9.17, 15) is 0 Å².